The standard InChI is InChI=1S/C19H22N2O3/c1-13-15(19(23)24)6-4-12-21(13)18(22)9-8-14-10-11-20-17-7-3-2-5-16(14)17/h2-3,5,7,10-11,13,15H,4,6,8-9,12H2,1H3,(H,23,24)/t13-,15-/m1/s1. The molecule has 0 unspecified atom stereocenters. The molecule has 2 atom stereocenters. The molecule has 2 heterocycles. The van der Waals surface area contributed by atoms with Gasteiger partial charge in [-0.1, -0.05) is 18.2 Å². The van der Waals surface area contributed by atoms with Crippen molar-refractivity contribution in [2.75, 3.05) is 6.54 Å². The number of aromatic nitrogens is 1. The molecular formula is C19H22N2O3. The third-order valence-electron chi connectivity index (χ3n) is 4.97. The lowest BCUT2D eigenvalue weighted by atomic mass is 9.90. The summed E-state index contributed by atoms with van der Waals surface area (Å²) in [6.07, 6.45) is 4.21. The number of carboxylic acids is 1. The third-order valence-corrected chi connectivity index (χ3v) is 4.97. The number of likely N-dealkylation sites (tertiary alicyclic amines) is 1. The van der Waals surface area contributed by atoms with Gasteiger partial charge in [0.25, 0.3) is 0 Å². The van der Waals surface area contributed by atoms with E-state index in [9.17, 15) is 14.7 Å². The van der Waals surface area contributed by atoms with Crippen LogP contribution in [0.1, 0.15) is 31.7 Å². The maximum Gasteiger partial charge on any atom is 0.308 e. The Morgan fingerprint density at radius 2 is 2.08 bits per heavy atom. The highest BCUT2D eigenvalue weighted by molar-refractivity contribution is 5.83. The summed E-state index contributed by atoms with van der Waals surface area (Å²) in [4.78, 5) is 30.0. The van der Waals surface area contributed by atoms with Gasteiger partial charge in [-0.25, -0.2) is 0 Å². The second-order valence-corrected chi connectivity index (χ2v) is 6.40. The van der Waals surface area contributed by atoms with Crippen molar-refractivity contribution in [2.24, 2.45) is 5.92 Å². The van der Waals surface area contributed by atoms with Crippen LogP contribution in [0, 0.1) is 5.92 Å². The van der Waals surface area contributed by atoms with Gasteiger partial charge in [-0.15, -0.1) is 0 Å². The number of rotatable bonds is 4. The highest BCUT2D eigenvalue weighted by atomic mass is 16.4. The number of fused-ring (bicyclic) bond motifs is 1. The number of amides is 1. The SMILES string of the molecule is C[C@@H]1[C@H](C(=O)O)CCCN1C(=O)CCc1ccnc2ccccc12. The highest BCUT2D eigenvalue weighted by Crippen LogP contribution is 2.25. The van der Waals surface area contributed by atoms with Gasteiger partial charge in [0.05, 0.1) is 11.4 Å². The van der Waals surface area contributed by atoms with Crippen LogP contribution in [0.3, 0.4) is 0 Å². The number of benzene rings is 1. The van der Waals surface area contributed by atoms with Crippen LogP contribution < -0.4 is 0 Å². The van der Waals surface area contributed by atoms with E-state index in [1.54, 1.807) is 11.1 Å². The molecule has 0 saturated carbocycles. The molecule has 126 valence electrons. The molecule has 1 aromatic heterocycles. The Balaban J connectivity index is 1.70. The largest absolute Gasteiger partial charge is 0.481 e. The number of aliphatic carboxylic acids is 1. The second kappa shape index (κ2) is 6.99. The van der Waals surface area contributed by atoms with E-state index in [0.717, 1.165) is 22.9 Å². The number of aryl methyl sites for hydroxylation is 1. The van der Waals surface area contributed by atoms with Gasteiger partial charge in [-0.2, -0.15) is 0 Å². The Kier molecular flexibility index (Phi) is 4.79. The molecule has 0 aliphatic carbocycles. The topological polar surface area (TPSA) is 70.5 Å². The zero-order chi connectivity index (χ0) is 17.1. The first-order valence-corrected chi connectivity index (χ1v) is 8.43. The summed E-state index contributed by atoms with van der Waals surface area (Å²) >= 11 is 0. The zero-order valence-corrected chi connectivity index (χ0v) is 13.8. The zero-order valence-electron chi connectivity index (χ0n) is 13.8. The first kappa shape index (κ1) is 16.4. The molecule has 5 nitrogen and oxygen atoms in total. The van der Waals surface area contributed by atoms with Gasteiger partial charge < -0.3 is 10.0 Å². The number of pyridine rings is 1. The number of piperidine rings is 1. The maximum atomic E-state index is 12.6. The fourth-order valence-corrected chi connectivity index (χ4v) is 3.58. The van der Waals surface area contributed by atoms with Gasteiger partial charge in [0.1, 0.15) is 0 Å². The Morgan fingerprint density at radius 3 is 2.88 bits per heavy atom. The van der Waals surface area contributed by atoms with E-state index in [2.05, 4.69) is 4.98 Å². The molecule has 1 aromatic carbocycles. The van der Waals surface area contributed by atoms with Crippen LogP contribution in [0.5, 0.6) is 0 Å². The van der Waals surface area contributed by atoms with E-state index in [-0.39, 0.29) is 11.9 Å². The Hall–Kier alpha value is -2.43. The smallest absolute Gasteiger partial charge is 0.308 e. The van der Waals surface area contributed by atoms with Crippen LogP contribution in [0.2, 0.25) is 0 Å². The summed E-state index contributed by atoms with van der Waals surface area (Å²) in [6, 6.07) is 9.62. The van der Waals surface area contributed by atoms with Crippen molar-refractivity contribution >= 4 is 22.8 Å². The number of carbonyl (C=O) groups excluding carboxylic acids is 1. The Morgan fingerprint density at radius 1 is 1.29 bits per heavy atom. The average molecular weight is 326 g/mol. The molecule has 0 radical (unpaired) electrons. The summed E-state index contributed by atoms with van der Waals surface area (Å²) in [6.45, 7) is 2.50. The van der Waals surface area contributed by atoms with Crippen molar-refractivity contribution in [1.29, 1.82) is 0 Å². The summed E-state index contributed by atoms with van der Waals surface area (Å²) in [7, 11) is 0. The molecule has 1 amide bonds. The predicted octanol–water partition coefficient (Wildman–Crippen LogP) is 2.88. The van der Waals surface area contributed by atoms with Crippen molar-refractivity contribution < 1.29 is 14.7 Å². The number of carboxylic acid groups (broad SMARTS) is 1. The van der Waals surface area contributed by atoms with Crippen LogP contribution in [0.25, 0.3) is 10.9 Å². The number of nitrogens with zero attached hydrogens (tertiary/aromatic N) is 2. The molecule has 1 aliphatic heterocycles. The van der Waals surface area contributed by atoms with Crippen LogP contribution in [-0.2, 0) is 16.0 Å². The van der Waals surface area contributed by atoms with E-state index < -0.39 is 11.9 Å². The van der Waals surface area contributed by atoms with Crippen molar-refractivity contribution in [3.63, 3.8) is 0 Å². The second-order valence-electron chi connectivity index (χ2n) is 6.40. The quantitative estimate of drug-likeness (QED) is 0.938. The molecule has 1 aliphatic rings. The maximum absolute atomic E-state index is 12.6. The molecule has 5 heteroatoms. The Labute approximate surface area is 141 Å². The highest BCUT2D eigenvalue weighted by Gasteiger charge is 2.34. The molecule has 1 N–H and O–H groups in total. The minimum Gasteiger partial charge on any atom is -0.481 e. The summed E-state index contributed by atoms with van der Waals surface area (Å²) in [5.74, 6) is -1.22. The van der Waals surface area contributed by atoms with Crippen molar-refractivity contribution in [2.45, 2.75) is 38.6 Å². The molecule has 0 bridgehead atoms. The first-order chi connectivity index (χ1) is 11.6. The van der Waals surface area contributed by atoms with Crippen LogP contribution in [0.15, 0.2) is 36.5 Å². The van der Waals surface area contributed by atoms with Crippen LogP contribution >= 0.6 is 0 Å². The van der Waals surface area contributed by atoms with E-state index in [4.69, 9.17) is 0 Å². The Bertz CT molecular complexity index is 754. The lowest BCUT2D eigenvalue weighted by molar-refractivity contribution is -0.149. The molecular weight excluding hydrogens is 304 g/mol. The van der Waals surface area contributed by atoms with Gasteiger partial charge in [-0.05, 0) is 43.9 Å². The average Bonchev–Trinajstić information content (AvgIpc) is 2.59. The normalized spacial score (nSPS) is 21.0. The van der Waals surface area contributed by atoms with E-state index in [1.165, 1.54) is 0 Å². The summed E-state index contributed by atoms with van der Waals surface area (Å²) < 4.78 is 0. The number of carbonyl (C=O) groups is 2. The van der Waals surface area contributed by atoms with Gasteiger partial charge in [0.2, 0.25) is 5.91 Å². The van der Waals surface area contributed by atoms with Crippen LogP contribution in [0.4, 0.5) is 0 Å². The molecule has 1 saturated heterocycles. The van der Waals surface area contributed by atoms with Crippen molar-refractivity contribution in [3.8, 4) is 0 Å². The first-order valence-electron chi connectivity index (χ1n) is 8.43. The molecule has 2 aromatic rings. The fraction of sp³-hybridized carbons (Fsp3) is 0.421. The molecule has 0 spiro atoms. The predicted molar refractivity (Wildman–Crippen MR) is 91.6 cm³/mol. The van der Waals surface area contributed by atoms with E-state index >= 15 is 0 Å². The van der Waals surface area contributed by atoms with Gasteiger partial charge in [0.15, 0.2) is 0 Å². The molecule has 1 fully saturated rings. The molecule has 24 heavy (non-hydrogen) atoms. The van der Waals surface area contributed by atoms with Crippen LogP contribution in [-0.4, -0.2) is 39.5 Å². The van der Waals surface area contributed by atoms with E-state index in [0.29, 0.717) is 25.8 Å². The lowest BCUT2D eigenvalue weighted by Gasteiger charge is -2.37. The molecule has 3 rings (SSSR count). The number of hydrogen-bond acceptors (Lipinski definition) is 3. The number of para-hydroxylation sites is 1. The summed E-state index contributed by atoms with van der Waals surface area (Å²) in [5, 5.41) is 10.4. The monoisotopic (exact) mass is 326 g/mol. The minimum atomic E-state index is -0.805. The van der Waals surface area contributed by atoms with Crippen molar-refractivity contribution in [3.05, 3.63) is 42.1 Å². The number of hydrogen-bond donors (Lipinski definition) is 1. The van der Waals surface area contributed by atoms with E-state index in [1.807, 2.05) is 37.3 Å². The van der Waals surface area contributed by atoms with Gasteiger partial charge in [0, 0.05) is 30.6 Å². The third kappa shape index (κ3) is 3.25. The van der Waals surface area contributed by atoms with Gasteiger partial charge in [-0.3, -0.25) is 14.6 Å². The minimum absolute atomic E-state index is 0.0364. The van der Waals surface area contributed by atoms with Crippen molar-refractivity contribution in [1.82, 2.24) is 9.88 Å². The van der Waals surface area contributed by atoms with Gasteiger partial charge >= 0.3 is 5.97 Å². The summed E-state index contributed by atoms with van der Waals surface area (Å²) in [5.41, 5.74) is 2.04. The lowest BCUT2D eigenvalue weighted by Crippen LogP contribution is -2.49. The fourth-order valence-electron chi connectivity index (χ4n) is 3.58.